The van der Waals surface area contributed by atoms with Crippen LogP contribution in [0.2, 0.25) is 0 Å². The highest BCUT2D eigenvalue weighted by Crippen LogP contribution is 2.20. The summed E-state index contributed by atoms with van der Waals surface area (Å²) in [6.45, 7) is 3.57. The highest BCUT2D eigenvalue weighted by atomic mass is 16.5. The normalized spacial score (nSPS) is 10.1. The summed E-state index contributed by atoms with van der Waals surface area (Å²) in [6, 6.07) is 12.7. The third-order valence-electron chi connectivity index (χ3n) is 3.56. The molecule has 0 saturated heterocycles. The molecular formula is C19H21NO4. The number of hydrogen-bond donors (Lipinski definition) is 1. The molecule has 0 aliphatic heterocycles. The van der Waals surface area contributed by atoms with Gasteiger partial charge in [-0.05, 0) is 43.2 Å². The summed E-state index contributed by atoms with van der Waals surface area (Å²) in [6.07, 6.45) is 0.935. The minimum atomic E-state index is -0.591. The van der Waals surface area contributed by atoms with E-state index in [0.717, 1.165) is 12.0 Å². The third kappa shape index (κ3) is 4.59. The molecule has 0 saturated carbocycles. The van der Waals surface area contributed by atoms with Gasteiger partial charge in [-0.25, -0.2) is 4.79 Å². The zero-order valence-electron chi connectivity index (χ0n) is 14.1. The molecule has 0 heterocycles. The van der Waals surface area contributed by atoms with Crippen LogP contribution in [0, 0.1) is 6.92 Å². The number of carbonyl (C=O) groups excluding carboxylic acids is 2. The van der Waals surface area contributed by atoms with E-state index in [1.54, 1.807) is 12.1 Å². The average Bonchev–Trinajstić information content (AvgIpc) is 2.60. The lowest BCUT2D eigenvalue weighted by atomic mass is 10.1. The number of amides is 1. The molecule has 1 amide bonds. The molecule has 0 atom stereocenters. The van der Waals surface area contributed by atoms with Crippen molar-refractivity contribution in [1.82, 2.24) is 0 Å². The van der Waals surface area contributed by atoms with Gasteiger partial charge >= 0.3 is 5.97 Å². The Morgan fingerprint density at radius 1 is 1.08 bits per heavy atom. The smallest absolute Gasteiger partial charge is 0.342 e. The van der Waals surface area contributed by atoms with Crippen LogP contribution in [-0.2, 0) is 16.0 Å². The lowest BCUT2D eigenvalue weighted by Crippen LogP contribution is -2.21. The molecule has 2 rings (SSSR count). The van der Waals surface area contributed by atoms with Crippen LogP contribution in [0.5, 0.6) is 5.75 Å². The number of rotatable bonds is 6. The van der Waals surface area contributed by atoms with Gasteiger partial charge in [-0.2, -0.15) is 0 Å². The second kappa shape index (κ2) is 8.15. The van der Waals surface area contributed by atoms with Gasteiger partial charge in [0.2, 0.25) is 0 Å². The van der Waals surface area contributed by atoms with Crippen LogP contribution >= 0.6 is 0 Å². The lowest BCUT2D eigenvalue weighted by molar-refractivity contribution is -0.119. The fraction of sp³-hybridized carbons (Fsp3) is 0.263. The number of benzene rings is 2. The van der Waals surface area contributed by atoms with Gasteiger partial charge in [0.05, 0.1) is 7.11 Å². The molecule has 0 bridgehead atoms. The van der Waals surface area contributed by atoms with Crippen LogP contribution in [0.3, 0.4) is 0 Å². The van der Waals surface area contributed by atoms with Gasteiger partial charge in [0.1, 0.15) is 11.3 Å². The molecule has 2 aromatic carbocycles. The van der Waals surface area contributed by atoms with Crippen LogP contribution < -0.4 is 10.1 Å². The molecule has 24 heavy (non-hydrogen) atoms. The Kier molecular flexibility index (Phi) is 5.95. The van der Waals surface area contributed by atoms with E-state index in [2.05, 4.69) is 12.2 Å². The van der Waals surface area contributed by atoms with Crippen molar-refractivity contribution >= 4 is 17.6 Å². The summed E-state index contributed by atoms with van der Waals surface area (Å²) >= 11 is 0. The molecule has 0 aliphatic carbocycles. The van der Waals surface area contributed by atoms with E-state index in [9.17, 15) is 9.59 Å². The number of ether oxygens (including phenoxy) is 2. The van der Waals surface area contributed by atoms with Gasteiger partial charge in [-0.1, -0.05) is 30.7 Å². The van der Waals surface area contributed by atoms with E-state index >= 15 is 0 Å². The van der Waals surface area contributed by atoms with Crippen LogP contribution in [0.15, 0.2) is 42.5 Å². The van der Waals surface area contributed by atoms with Crippen molar-refractivity contribution in [3.63, 3.8) is 0 Å². The van der Waals surface area contributed by atoms with Crippen molar-refractivity contribution in [3.05, 3.63) is 59.2 Å². The Morgan fingerprint density at radius 2 is 1.79 bits per heavy atom. The second-order valence-corrected chi connectivity index (χ2v) is 5.38. The largest absolute Gasteiger partial charge is 0.496 e. The summed E-state index contributed by atoms with van der Waals surface area (Å²) in [4.78, 5) is 24.0. The lowest BCUT2D eigenvalue weighted by Gasteiger charge is -2.10. The van der Waals surface area contributed by atoms with Crippen LogP contribution in [0.25, 0.3) is 0 Å². The molecule has 5 heteroatoms. The first-order valence-corrected chi connectivity index (χ1v) is 7.74. The van der Waals surface area contributed by atoms with E-state index in [0.29, 0.717) is 17.0 Å². The van der Waals surface area contributed by atoms with Gasteiger partial charge < -0.3 is 14.8 Å². The molecule has 5 nitrogen and oxygen atoms in total. The van der Waals surface area contributed by atoms with Gasteiger partial charge in [0, 0.05) is 5.69 Å². The Morgan fingerprint density at radius 3 is 2.42 bits per heavy atom. The first-order chi connectivity index (χ1) is 11.5. The Balaban J connectivity index is 1.93. The summed E-state index contributed by atoms with van der Waals surface area (Å²) in [5.74, 6) is -0.563. The quantitative estimate of drug-likeness (QED) is 0.826. The highest BCUT2D eigenvalue weighted by molar-refractivity contribution is 5.96. The number of aryl methyl sites for hydroxylation is 2. The summed E-state index contributed by atoms with van der Waals surface area (Å²) in [7, 11) is 1.48. The number of hydrogen-bond acceptors (Lipinski definition) is 4. The minimum Gasteiger partial charge on any atom is -0.496 e. The fourth-order valence-electron chi connectivity index (χ4n) is 2.21. The van der Waals surface area contributed by atoms with Crippen LogP contribution in [0.4, 0.5) is 5.69 Å². The zero-order valence-corrected chi connectivity index (χ0v) is 14.1. The number of carbonyl (C=O) groups is 2. The van der Waals surface area contributed by atoms with E-state index in [1.165, 1.54) is 12.7 Å². The minimum absolute atomic E-state index is 0.303. The fourth-order valence-corrected chi connectivity index (χ4v) is 2.21. The van der Waals surface area contributed by atoms with Crippen molar-refractivity contribution < 1.29 is 19.1 Å². The second-order valence-electron chi connectivity index (χ2n) is 5.38. The molecule has 2 aromatic rings. The molecule has 1 N–H and O–H groups in total. The molecule has 0 aromatic heterocycles. The monoisotopic (exact) mass is 327 g/mol. The van der Waals surface area contributed by atoms with Crippen molar-refractivity contribution in [2.45, 2.75) is 20.3 Å². The van der Waals surface area contributed by atoms with Crippen molar-refractivity contribution in [1.29, 1.82) is 0 Å². The number of nitrogens with one attached hydrogen (secondary N) is 1. The average molecular weight is 327 g/mol. The standard InChI is InChI=1S/C19H21NO4/c1-4-14-6-8-15(9-7-14)20-18(21)12-24-19(22)16-11-13(2)5-10-17(16)23-3/h5-11H,4,12H2,1-3H3,(H,20,21). The van der Waals surface area contributed by atoms with Crippen LogP contribution in [-0.4, -0.2) is 25.6 Å². The Bertz CT molecular complexity index is 723. The number of methoxy groups -OCH3 is 1. The highest BCUT2D eigenvalue weighted by Gasteiger charge is 2.15. The van der Waals surface area contributed by atoms with E-state index < -0.39 is 5.97 Å². The molecule has 0 spiro atoms. The van der Waals surface area contributed by atoms with Gasteiger partial charge in [0.15, 0.2) is 6.61 Å². The topological polar surface area (TPSA) is 64.6 Å². The van der Waals surface area contributed by atoms with E-state index in [4.69, 9.17) is 9.47 Å². The summed E-state index contributed by atoms with van der Waals surface area (Å²) in [5.41, 5.74) is 3.06. The van der Waals surface area contributed by atoms with E-state index in [-0.39, 0.29) is 12.5 Å². The Labute approximate surface area is 141 Å². The van der Waals surface area contributed by atoms with Crippen LogP contribution in [0.1, 0.15) is 28.4 Å². The predicted molar refractivity (Wildman–Crippen MR) is 92.5 cm³/mol. The van der Waals surface area contributed by atoms with E-state index in [1.807, 2.05) is 37.3 Å². The summed E-state index contributed by atoms with van der Waals surface area (Å²) < 4.78 is 10.2. The SMILES string of the molecule is CCc1ccc(NC(=O)COC(=O)c2cc(C)ccc2OC)cc1. The predicted octanol–water partition coefficient (Wildman–Crippen LogP) is 3.36. The first-order valence-electron chi connectivity index (χ1n) is 7.74. The van der Waals surface area contributed by atoms with Crippen molar-refractivity contribution in [2.75, 3.05) is 19.0 Å². The number of esters is 1. The maximum atomic E-state index is 12.1. The van der Waals surface area contributed by atoms with Crippen molar-refractivity contribution in [3.8, 4) is 5.75 Å². The zero-order chi connectivity index (χ0) is 17.5. The van der Waals surface area contributed by atoms with Gasteiger partial charge in [-0.3, -0.25) is 4.79 Å². The molecule has 0 unspecified atom stereocenters. The molecule has 0 aliphatic rings. The van der Waals surface area contributed by atoms with Crippen molar-refractivity contribution in [2.24, 2.45) is 0 Å². The van der Waals surface area contributed by atoms with Gasteiger partial charge in [-0.15, -0.1) is 0 Å². The molecule has 0 radical (unpaired) electrons. The summed E-state index contributed by atoms with van der Waals surface area (Å²) in [5, 5.41) is 2.69. The number of anilines is 1. The Hall–Kier alpha value is -2.82. The maximum absolute atomic E-state index is 12.1. The maximum Gasteiger partial charge on any atom is 0.342 e. The molecule has 126 valence electrons. The molecule has 0 fully saturated rings. The first kappa shape index (κ1) is 17.5. The third-order valence-corrected chi connectivity index (χ3v) is 3.56. The van der Waals surface area contributed by atoms with Gasteiger partial charge in [0.25, 0.3) is 5.91 Å². The molecular weight excluding hydrogens is 306 g/mol.